The highest BCUT2D eigenvalue weighted by Gasteiger charge is 2.43. The van der Waals surface area contributed by atoms with E-state index in [4.69, 9.17) is 0 Å². The predicted molar refractivity (Wildman–Crippen MR) is 82.0 cm³/mol. The quantitative estimate of drug-likeness (QED) is 0.916. The highest BCUT2D eigenvalue weighted by atomic mass is 16.2. The van der Waals surface area contributed by atoms with Crippen molar-refractivity contribution in [2.75, 3.05) is 6.54 Å². The summed E-state index contributed by atoms with van der Waals surface area (Å²) in [6.45, 7) is 5.49. The Hall–Kier alpha value is -2.10. The Kier molecular flexibility index (Phi) is 3.78. The first-order valence-corrected chi connectivity index (χ1v) is 7.48. The number of aromatic nitrogens is 2. The van der Waals surface area contributed by atoms with Gasteiger partial charge in [-0.2, -0.15) is 0 Å². The van der Waals surface area contributed by atoms with E-state index in [1.807, 2.05) is 31.5 Å². The van der Waals surface area contributed by atoms with Crippen LogP contribution in [0.25, 0.3) is 0 Å². The van der Waals surface area contributed by atoms with Gasteiger partial charge in [0, 0.05) is 24.7 Å². The Balaban J connectivity index is 1.47. The molecule has 0 spiro atoms. The van der Waals surface area contributed by atoms with E-state index in [1.165, 1.54) is 5.56 Å². The lowest BCUT2D eigenvalue weighted by Crippen LogP contribution is -2.29. The molecule has 1 aliphatic rings. The van der Waals surface area contributed by atoms with E-state index >= 15 is 0 Å². The summed E-state index contributed by atoms with van der Waals surface area (Å²) in [6.07, 6.45) is 2.81. The van der Waals surface area contributed by atoms with Gasteiger partial charge in [0.05, 0.1) is 12.0 Å². The SMILES string of the molecule is Cc1ncn(CCNC(=O)[C@H]2C[C@@H]2c2ccccc2)c1C. The van der Waals surface area contributed by atoms with Crippen LogP contribution >= 0.6 is 0 Å². The van der Waals surface area contributed by atoms with Gasteiger partial charge in [-0.15, -0.1) is 0 Å². The van der Waals surface area contributed by atoms with Crippen molar-refractivity contribution in [1.29, 1.82) is 0 Å². The van der Waals surface area contributed by atoms with Crippen LogP contribution in [0, 0.1) is 19.8 Å². The van der Waals surface area contributed by atoms with Crippen molar-refractivity contribution in [1.82, 2.24) is 14.9 Å². The molecular weight excluding hydrogens is 262 g/mol. The Morgan fingerprint density at radius 2 is 2.10 bits per heavy atom. The van der Waals surface area contributed by atoms with Gasteiger partial charge in [-0.05, 0) is 31.7 Å². The number of nitrogens with one attached hydrogen (secondary N) is 1. The topological polar surface area (TPSA) is 46.9 Å². The van der Waals surface area contributed by atoms with E-state index in [0.717, 1.165) is 24.4 Å². The Morgan fingerprint density at radius 3 is 2.76 bits per heavy atom. The number of carbonyl (C=O) groups is 1. The van der Waals surface area contributed by atoms with Gasteiger partial charge >= 0.3 is 0 Å². The lowest BCUT2D eigenvalue weighted by atomic mass is 10.1. The molecule has 1 saturated carbocycles. The molecule has 4 heteroatoms. The lowest BCUT2D eigenvalue weighted by Gasteiger charge is -2.07. The van der Waals surface area contributed by atoms with Crippen molar-refractivity contribution in [3.63, 3.8) is 0 Å². The third-order valence-corrected chi connectivity index (χ3v) is 4.35. The summed E-state index contributed by atoms with van der Waals surface area (Å²) in [5.41, 5.74) is 3.49. The monoisotopic (exact) mass is 283 g/mol. The summed E-state index contributed by atoms with van der Waals surface area (Å²) >= 11 is 0. The van der Waals surface area contributed by atoms with Crippen molar-refractivity contribution in [3.05, 3.63) is 53.6 Å². The third kappa shape index (κ3) is 2.99. The molecular formula is C17H21N3O. The van der Waals surface area contributed by atoms with Crippen LogP contribution in [0.2, 0.25) is 0 Å². The second kappa shape index (κ2) is 5.72. The third-order valence-electron chi connectivity index (χ3n) is 4.35. The zero-order chi connectivity index (χ0) is 14.8. The maximum Gasteiger partial charge on any atom is 0.223 e. The van der Waals surface area contributed by atoms with Gasteiger partial charge in [-0.3, -0.25) is 4.79 Å². The minimum Gasteiger partial charge on any atom is -0.354 e. The molecule has 0 unspecified atom stereocenters. The number of aryl methyl sites for hydroxylation is 1. The summed E-state index contributed by atoms with van der Waals surface area (Å²) in [7, 11) is 0. The van der Waals surface area contributed by atoms with Crippen molar-refractivity contribution >= 4 is 5.91 Å². The number of hydrogen-bond acceptors (Lipinski definition) is 2. The van der Waals surface area contributed by atoms with Gasteiger partial charge in [0.25, 0.3) is 0 Å². The number of benzene rings is 1. The molecule has 1 aromatic heterocycles. The van der Waals surface area contributed by atoms with Gasteiger partial charge < -0.3 is 9.88 Å². The summed E-state index contributed by atoms with van der Waals surface area (Å²) in [5, 5.41) is 3.04. The predicted octanol–water partition coefficient (Wildman–Crippen LogP) is 2.42. The summed E-state index contributed by atoms with van der Waals surface area (Å²) in [6, 6.07) is 10.3. The normalized spacial score (nSPS) is 20.3. The van der Waals surface area contributed by atoms with Crippen molar-refractivity contribution in [2.45, 2.75) is 32.7 Å². The molecule has 0 saturated heterocycles. The van der Waals surface area contributed by atoms with E-state index in [2.05, 4.69) is 33.9 Å². The highest BCUT2D eigenvalue weighted by molar-refractivity contribution is 5.82. The maximum absolute atomic E-state index is 12.1. The molecule has 0 radical (unpaired) electrons. The Bertz CT molecular complexity index is 633. The lowest BCUT2D eigenvalue weighted by molar-refractivity contribution is -0.122. The van der Waals surface area contributed by atoms with Gasteiger partial charge in [0.1, 0.15) is 0 Å². The molecule has 2 atom stereocenters. The Morgan fingerprint density at radius 1 is 1.33 bits per heavy atom. The molecule has 0 bridgehead atoms. The maximum atomic E-state index is 12.1. The standard InChI is InChI=1S/C17H21N3O/c1-12-13(2)20(11-19-12)9-8-18-17(21)16-10-15(16)14-6-4-3-5-7-14/h3-7,11,15-16H,8-10H2,1-2H3,(H,18,21)/t15-,16+/m1/s1. The summed E-state index contributed by atoms with van der Waals surface area (Å²) in [5.74, 6) is 0.736. The molecule has 1 heterocycles. The molecule has 4 nitrogen and oxygen atoms in total. The number of rotatable bonds is 5. The van der Waals surface area contributed by atoms with Crippen LogP contribution in [-0.4, -0.2) is 22.0 Å². The van der Waals surface area contributed by atoms with Crippen LogP contribution in [-0.2, 0) is 11.3 Å². The van der Waals surface area contributed by atoms with E-state index in [9.17, 15) is 4.79 Å². The van der Waals surface area contributed by atoms with E-state index in [-0.39, 0.29) is 11.8 Å². The second-order valence-electron chi connectivity index (χ2n) is 5.76. The molecule has 110 valence electrons. The fourth-order valence-electron chi connectivity index (χ4n) is 2.75. The van der Waals surface area contributed by atoms with Gasteiger partial charge in [-0.25, -0.2) is 4.98 Å². The zero-order valence-corrected chi connectivity index (χ0v) is 12.5. The van der Waals surface area contributed by atoms with Crippen LogP contribution < -0.4 is 5.32 Å². The van der Waals surface area contributed by atoms with Gasteiger partial charge in [0.2, 0.25) is 5.91 Å². The number of imidazole rings is 1. The van der Waals surface area contributed by atoms with Gasteiger partial charge in [0.15, 0.2) is 0 Å². The first-order chi connectivity index (χ1) is 10.2. The van der Waals surface area contributed by atoms with Gasteiger partial charge in [-0.1, -0.05) is 30.3 Å². The van der Waals surface area contributed by atoms with E-state index in [0.29, 0.717) is 12.5 Å². The average molecular weight is 283 g/mol. The molecule has 1 N–H and O–H groups in total. The van der Waals surface area contributed by atoms with E-state index < -0.39 is 0 Å². The molecule has 0 aliphatic heterocycles. The summed E-state index contributed by atoms with van der Waals surface area (Å²) < 4.78 is 2.08. The molecule has 21 heavy (non-hydrogen) atoms. The van der Waals surface area contributed by atoms with Crippen LogP contribution in [0.15, 0.2) is 36.7 Å². The van der Waals surface area contributed by atoms with Crippen molar-refractivity contribution in [3.8, 4) is 0 Å². The van der Waals surface area contributed by atoms with Crippen LogP contribution in [0.4, 0.5) is 0 Å². The first kappa shape index (κ1) is 13.9. The number of amides is 1. The minimum atomic E-state index is 0.151. The fourth-order valence-corrected chi connectivity index (χ4v) is 2.75. The number of nitrogens with zero attached hydrogens (tertiary/aromatic N) is 2. The largest absolute Gasteiger partial charge is 0.354 e. The van der Waals surface area contributed by atoms with Crippen LogP contribution in [0.3, 0.4) is 0 Å². The average Bonchev–Trinajstić information content (AvgIpc) is 3.25. The Labute approximate surface area is 125 Å². The van der Waals surface area contributed by atoms with Crippen LogP contribution in [0.5, 0.6) is 0 Å². The fraction of sp³-hybridized carbons (Fsp3) is 0.412. The second-order valence-corrected chi connectivity index (χ2v) is 5.76. The summed E-state index contributed by atoms with van der Waals surface area (Å²) in [4.78, 5) is 16.4. The minimum absolute atomic E-state index is 0.151. The highest BCUT2D eigenvalue weighted by Crippen LogP contribution is 2.47. The number of carbonyl (C=O) groups excluding carboxylic acids is 1. The molecule has 2 aromatic rings. The molecule has 1 aromatic carbocycles. The molecule has 3 rings (SSSR count). The van der Waals surface area contributed by atoms with Crippen molar-refractivity contribution in [2.24, 2.45) is 5.92 Å². The molecule has 1 amide bonds. The smallest absolute Gasteiger partial charge is 0.223 e. The van der Waals surface area contributed by atoms with E-state index in [1.54, 1.807) is 0 Å². The molecule has 1 fully saturated rings. The van der Waals surface area contributed by atoms with Crippen LogP contribution in [0.1, 0.15) is 29.3 Å². The first-order valence-electron chi connectivity index (χ1n) is 7.48. The molecule has 1 aliphatic carbocycles. The number of hydrogen-bond donors (Lipinski definition) is 1. The van der Waals surface area contributed by atoms with Crippen molar-refractivity contribution < 1.29 is 4.79 Å². The zero-order valence-electron chi connectivity index (χ0n) is 12.5.